The van der Waals surface area contributed by atoms with E-state index in [2.05, 4.69) is 213 Å². The zero-order valence-electron chi connectivity index (χ0n) is 34.5. The molecule has 62 heavy (non-hydrogen) atoms. The lowest BCUT2D eigenvalue weighted by Gasteiger charge is -2.22. The molecule has 1 aliphatic rings. The van der Waals surface area contributed by atoms with Crippen LogP contribution in [-0.2, 0) is 5.41 Å². The van der Waals surface area contributed by atoms with E-state index >= 15 is 0 Å². The maximum absolute atomic E-state index is 5.24. The number of para-hydroxylation sites is 2. The second kappa shape index (κ2) is 14.1. The minimum absolute atomic E-state index is 0.0965. The third-order valence-corrected chi connectivity index (χ3v) is 13.0. The van der Waals surface area contributed by atoms with Gasteiger partial charge in [-0.05, 0) is 104 Å². The molecule has 292 valence electrons. The lowest BCUT2D eigenvalue weighted by atomic mass is 9.81. The van der Waals surface area contributed by atoms with E-state index in [1.165, 1.54) is 71.5 Å². The number of nitrogens with zero attached hydrogens (tertiary/aromatic N) is 3. The number of hydrogen-bond donors (Lipinski definition) is 0. The van der Waals surface area contributed by atoms with Crippen molar-refractivity contribution < 1.29 is 0 Å². The average Bonchev–Trinajstić information content (AvgIpc) is 3.79. The molecular formula is C59H41N3. The van der Waals surface area contributed by atoms with E-state index in [-0.39, 0.29) is 5.41 Å². The van der Waals surface area contributed by atoms with Crippen LogP contribution in [0.3, 0.4) is 0 Å². The predicted molar refractivity (Wildman–Crippen MR) is 259 cm³/mol. The van der Waals surface area contributed by atoms with Crippen molar-refractivity contribution in [2.75, 3.05) is 0 Å². The van der Waals surface area contributed by atoms with Crippen LogP contribution < -0.4 is 0 Å². The summed E-state index contributed by atoms with van der Waals surface area (Å²) in [6.07, 6.45) is 0. The third kappa shape index (κ3) is 5.73. The Morgan fingerprint density at radius 3 is 1.79 bits per heavy atom. The van der Waals surface area contributed by atoms with Crippen molar-refractivity contribution in [2.45, 2.75) is 19.3 Å². The fourth-order valence-corrected chi connectivity index (χ4v) is 9.95. The highest BCUT2D eigenvalue weighted by molar-refractivity contribution is 6.16. The van der Waals surface area contributed by atoms with Gasteiger partial charge >= 0.3 is 0 Å². The molecule has 0 amide bonds. The van der Waals surface area contributed by atoms with E-state index in [4.69, 9.17) is 9.97 Å². The molecule has 0 radical (unpaired) electrons. The Bertz CT molecular complexity index is 3520. The Morgan fingerprint density at radius 1 is 0.387 bits per heavy atom. The molecule has 0 spiro atoms. The Balaban J connectivity index is 0.967. The fraction of sp³-hybridized carbons (Fsp3) is 0.0508. The highest BCUT2D eigenvalue weighted by Crippen LogP contribution is 2.53. The number of fused-ring (bicyclic) bond motifs is 7. The zero-order valence-corrected chi connectivity index (χ0v) is 34.5. The summed E-state index contributed by atoms with van der Waals surface area (Å²) in [5.74, 6) is 0.701. The molecule has 11 aromatic rings. The van der Waals surface area contributed by atoms with Crippen molar-refractivity contribution in [3.05, 3.63) is 223 Å². The monoisotopic (exact) mass is 791 g/mol. The summed E-state index contributed by atoms with van der Waals surface area (Å²) >= 11 is 0. The second-order valence-corrected chi connectivity index (χ2v) is 17.0. The van der Waals surface area contributed by atoms with E-state index in [0.29, 0.717) is 5.82 Å². The summed E-state index contributed by atoms with van der Waals surface area (Å²) in [7, 11) is 0. The van der Waals surface area contributed by atoms with Crippen LogP contribution in [0, 0.1) is 0 Å². The summed E-state index contributed by atoms with van der Waals surface area (Å²) in [6, 6.07) is 76.5. The van der Waals surface area contributed by atoms with Crippen LogP contribution in [0.4, 0.5) is 0 Å². The number of rotatable bonds is 6. The van der Waals surface area contributed by atoms with Crippen LogP contribution in [-0.4, -0.2) is 14.5 Å². The molecular weight excluding hydrogens is 751 g/mol. The van der Waals surface area contributed by atoms with Crippen molar-refractivity contribution in [2.24, 2.45) is 0 Å². The van der Waals surface area contributed by atoms with Gasteiger partial charge < -0.3 is 4.57 Å². The van der Waals surface area contributed by atoms with Gasteiger partial charge in [0.1, 0.15) is 0 Å². The van der Waals surface area contributed by atoms with E-state index in [0.717, 1.165) is 39.3 Å². The van der Waals surface area contributed by atoms with Crippen molar-refractivity contribution in [3.63, 3.8) is 0 Å². The molecule has 2 aromatic heterocycles. The number of hydrogen-bond acceptors (Lipinski definition) is 2. The molecule has 3 heteroatoms. The normalized spacial score (nSPS) is 12.8. The molecule has 0 aliphatic heterocycles. The van der Waals surface area contributed by atoms with Gasteiger partial charge in [-0.3, -0.25) is 0 Å². The summed E-state index contributed by atoms with van der Waals surface area (Å²) in [5.41, 5.74) is 18.5. The first-order valence-electron chi connectivity index (χ1n) is 21.4. The first kappa shape index (κ1) is 36.0. The molecule has 0 fully saturated rings. The lowest BCUT2D eigenvalue weighted by molar-refractivity contribution is 0.661. The summed E-state index contributed by atoms with van der Waals surface area (Å²) < 4.78 is 2.37. The van der Waals surface area contributed by atoms with Crippen molar-refractivity contribution in [1.29, 1.82) is 0 Å². The Kier molecular flexibility index (Phi) is 8.20. The minimum atomic E-state index is -0.0965. The maximum atomic E-state index is 5.24. The minimum Gasteiger partial charge on any atom is -0.309 e. The van der Waals surface area contributed by atoms with Gasteiger partial charge in [0, 0.05) is 38.6 Å². The van der Waals surface area contributed by atoms with Gasteiger partial charge in [0.25, 0.3) is 0 Å². The van der Waals surface area contributed by atoms with Crippen LogP contribution in [0.15, 0.2) is 212 Å². The van der Waals surface area contributed by atoms with Gasteiger partial charge in [0.15, 0.2) is 5.82 Å². The molecule has 0 unspecified atom stereocenters. The molecule has 12 rings (SSSR count). The van der Waals surface area contributed by atoms with Gasteiger partial charge in [-0.25, -0.2) is 9.97 Å². The SMILES string of the molecule is CC1(C)c2cc3ccccc3cc2-c2c(-c3ccc(-c4cc(-c5cccc(-c6cccc7c6c6ccccc6n7-c6ccccc6)c5)nc(-c5ccccc5)n4)cc3)cccc21. The first-order chi connectivity index (χ1) is 30.5. The summed E-state index contributed by atoms with van der Waals surface area (Å²) in [5, 5.41) is 5.02. The van der Waals surface area contributed by atoms with Crippen molar-refractivity contribution in [3.8, 4) is 73.0 Å². The van der Waals surface area contributed by atoms with Gasteiger partial charge in [-0.15, -0.1) is 0 Å². The van der Waals surface area contributed by atoms with Crippen LogP contribution >= 0.6 is 0 Å². The first-order valence-corrected chi connectivity index (χ1v) is 21.4. The molecule has 0 saturated carbocycles. The second-order valence-electron chi connectivity index (χ2n) is 17.0. The topological polar surface area (TPSA) is 30.7 Å². The number of benzene rings is 9. The third-order valence-electron chi connectivity index (χ3n) is 13.0. The van der Waals surface area contributed by atoms with E-state index in [1.54, 1.807) is 0 Å². The highest BCUT2D eigenvalue weighted by Gasteiger charge is 2.37. The maximum Gasteiger partial charge on any atom is 0.160 e. The van der Waals surface area contributed by atoms with Gasteiger partial charge in [0.05, 0.1) is 22.4 Å². The van der Waals surface area contributed by atoms with E-state index < -0.39 is 0 Å². The van der Waals surface area contributed by atoms with E-state index in [1.807, 2.05) is 18.2 Å². The quantitative estimate of drug-likeness (QED) is 0.168. The predicted octanol–water partition coefficient (Wildman–Crippen LogP) is 15.4. The number of aromatic nitrogens is 3. The van der Waals surface area contributed by atoms with E-state index in [9.17, 15) is 0 Å². The smallest absolute Gasteiger partial charge is 0.160 e. The van der Waals surface area contributed by atoms with Gasteiger partial charge in [-0.1, -0.05) is 178 Å². The molecule has 0 N–H and O–H groups in total. The van der Waals surface area contributed by atoms with Crippen LogP contribution in [0.5, 0.6) is 0 Å². The highest BCUT2D eigenvalue weighted by atomic mass is 15.0. The Morgan fingerprint density at radius 2 is 0.984 bits per heavy atom. The molecule has 3 nitrogen and oxygen atoms in total. The lowest BCUT2D eigenvalue weighted by Crippen LogP contribution is -2.14. The molecule has 9 aromatic carbocycles. The van der Waals surface area contributed by atoms with Crippen LogP contribution in [0.1, 0.15) is 25.0 Å². The average molecular weight is 792 g/mol. The van der Waals surface area contributed by atoms with Crippen molar-refractivity contribution >= 4 is 32.6 Å². The van der Waals surface area contributed by atoms with Crippen LogP contribution in [0.2, 0.25) is 0 Å². The summed E-state index contributed by atoms with van der Waals surface area (Å²) in [6.45, 7) is 4.72. The standard InChI is InChI=1S/C59H41N3/c1-59(2)50-27-14-25-46(56(50)49-35-41-18-9-10-19-42(41)36-51(49)59)38-30-32-39(33-31-38)52-37-53(61-58(60-52)40-16-5-3-6-17-40)44-21-13-20-43(34-44)47-26-15-29-55-57(47)48-24-11-12-28-54(48)62(55)45-22-7-4-8-23-45/h3-37H,1-2H3. The Hall–Kier alpha value is -7.88. The molecule has 0 atom stereocenters. The Labute approximate surface area is 361 Å². The largest absolute Gasteiger partial charge is 0.309 e. The molecule has 0 bridgehead atoms. The van der Waals surface area contributed by atoms with Crippen molar-refractivity contribution in [1.82, 2.24) is 14.5 Å². The zero-order chi connectivity index (χ0) is 41.4. The summed E-state index contributed by atoms with van der Waals surface area (Å²) in [4.78, 5) is 10.4. The van der Waals surface area contributed by atoms with Crippen LogP contribution in [0.25, 0.3) is 106 Å². The fourth-order valence-electron chi connectivity index (χ4n) is 9.95. The molecule has 0 saturated heterocycles. The molecule has 1 aliphatic carbocycles. The van der Waals surface area contributed by atoms with Gasteiger partial charge in [0.2, 0.25) is 0 Å². The van der Waals surface area contributed by atoms with Gasteiger partial charge in [-0.2, -0.15) is 0 Å². The molecule has 2 heterocycles.